The molecule has 1 saturated heterocycles. The van der Waals surface area contributed by atoms with Crippen molar-refractivity contribution in [2.75, 3.05) is 13.1 Å². The Balaban J connectivity index is 2.46. The summed E-state index contributed by atoms with van der Waals surface area (Å²) >= 11 is 0. The average Bonchev–Trinajstić information content (AvgIpc) is 2.00. The summed E-state index contributed by atoms with van der Waals surface area (Å²) in [6.45, 7) is 6.30. The van der Waals surface area contributed by atoms with E-state index in [0.29, 0.717) is 6.04 Å². The third-order valence-corrected chi connectivity index (χ3v) is 2.57. The molecule has 1 fully saturated rings. The van der Waals surface area contributed by atoms with Crippen LogP contribution in [-0.4, -0.2) is 30.0 Å². The fourth-order valence-electron chi connectivity index (χ4n) is 1.82. The number of hydrogen-bond donors (Lipinski definition) is 1. The van der Waals surface area contributed by atoms with Gasteiger partial charge in [0.1, 0.15) is 0 Å². The summed E-state index contributed by atoms with van der Waals surface area (Å²) in [4.78, 5) is 6.63. The van der Waals surface area contributed by atoms with Crippen LogP contribution in [0.15, 0.2) is 4.99 Å². The number of nitrogens with zero attached hydrogens (tertiary/aromatic N) is 2. The number of nitrogens with two attached hydrogens (primary N) is 1. The van der Waals surface area contributed by atoms with Gasteiger partial charge in [-0.1, -0.05) is 19.3 Å². The van der Waals surface area contributed by atoms with Gasteiger partial charge in [-0.25, -0.2) is 0 Å². The first-order valence-corrected chi connectivity index (χ1v) is 5.78. The molecule has 82 valence electrons. The Kier molecular flexibility index (Phi) is 4.77. The highest BCUT2D eigenvalue weighted by Gasteiger charge is 2.09. The first-order chi connectivity index (χ1) is 6.70. The quantitative estimate of drug-likeness (QED) is 0.516. The van der Waals surface area contributed by atoms with Crippen molar-refractivity contribution in [2.24, 2.45) is 10.7 Å². The lowest BCUT2D eigenvalue weighted by molar-refractivity contribution is 0.357. The zero-order valence-corrected chi connectivity index (χ0v) is 9.50. The number of rotatable bonds is 1. The van der Waals surface area contributed by atoms with Gasteiger partial charge in [-0.15, -0.1) is 0 Å². The zero-order chi connectivity index (χ0) is 10.4. The van der Waals surface area contributed by atoms with Gasteiger partial charge in [0.15, 0.2) is 5.96 Å². The molecule has 0 aliphatic carbocycles. The van der Waals surface area contributed by atoms with Crippen LogP contribution in [0.3, 0.4) is 0 Å². The Bertz CT molecular complexity index is 179. The topological polar surface area (TPSA) is 41.6 Å². The molecular weight excluding hydrogens is 174 g/mol. The maximum atomic E-state index is 5.95. The lowest BCUT2D eigenvalue weighted by atomic mass is 10.1. The maximum Gasteiger partial charge on any atom is 0.191 e. The minimum atomic E-state index is 0.306. The molecule has 3 heteroatoms. The van der Waals surface area contributed by atoms with Gasteiger partial charge < -0.3 is 10.6 Å². The molecule has 0 aromatic rings. The third kappa shape index (κ3) is 3.99. The van der Waals surface area contributed by atoms with Crippen molar-refractivity contribution >= 4 is 5.96 Å². The van der Waals surface area contributed by atoms with E-state index in [1.54, 1.807) is 0 Å². The summed E-state index contributed by atoms with van der Waals surface area (Å²) in [7, 11) is 0. The van der Waals surface area contributed by atoms with E-state index in [2.05, 4.69) is 23.7 Å². The van der Waals surface area contributed by atoms with Crippen LogP contribution in [0.1, 0.15) is 46.0 Å². The molecule has 14 heavy (non-hydrogen) atoms. The van der Waals surface area contributed by atoms with Gasteiger partial charge >= 0.3 is 0 Å². The fraction of sp³-hybridized carbons (Fsp3) is 0.909. The summed E-state index contributed by atoms with van der Waals surface area (Å²) in [5.41, 5.74) is 5.95. The molecule has 1 rings (SSSR count). The smallest absolute Gasteiger partial charge is 0.191 e. The van der Waals surface area contributed by atoms with Crippen molar-refractivity contribution in [2.45, 2.75) is 52.0 Å². The van der Waals surface area contributed by atoms with Crippen molar-refractivity contribution in [1.82, 2.24) is 4.90 Å². The Morgan fingerprint density at radius 1 is 1.07 bits per heavy atom. The Morgan fingerprint density at radius 2 is 1.57 bits per heavy atom. The van der Waals surface area contributed by atoms with E-state index in [1.165, 1.54) is 32.1 Å². The predicted octanol–water partition coefficient (Wildman–Crippen LogP) is 1.98. The van der Waals surface area contributed by atoms with Gasteiger partial charge in [-0.2, -0.15) is 0 Å². The molecule has 0 aromatic carbocycles. The number of hydrogen-bond acceptors (Lipinski definition) is 1. The molecule has 1 heterocycles. The first kappa shape index (κ1) is 11.3. The maximum absolute atomic E-state index is 5.95. The van der Waals surface area contributed by atoms with Gasteiger partial charge in [0.05, 0.1) is 0 Å². The van der Waals surface area contributed by atoms with Crippen molar-refractivity contribution in [3.63, 3.8) is 0 Å². The Morgan fingerprint density at radius 3 is 2.07 bits per heavy atom. The molecule has 1 aliphatic heterocycles. The molecule has 1 aliphatic rings. The highest BCUT2D eigenvalue weighted by Crippen LogP contribution is 2.10. The van der Waals surface area contributed by atoms with E-state index in [9.17, 15) is 0 Å². The Hall–Kier alpha value is -0.730. The summed E-state index contributed by atoms with van der Waals surface area (Å²) in [5, 5.41) is 0. The second kappa shape index (κ2) is 5.89. The van der Waals surface area contributed by atoms with Gasteiger partial charge in [0, 0.05) is 19.1 Å². The average molecular weight is 197 g/mol. The predicted molar refractivity (Wildman–Crippen MR) is 61.4 cm³/mol. The fourth-order valence-corrected chi connectivity index (χ4v) is 1.82. The zero-order valence-electron chi connectivity index (χ0n) is 9.50. The van der Waals surface area contributed by atoms with Gasteiger partial charge in [-0.3, -0.25) is 4.99 Å². The van der Waals surface area contributed by atoms with Crippen molar-refractivity contribution in [3.05, 3.63) is 0 Å². The molecule has 0 saturated carbocycles. The molecule has 0 amide bonds. The minimum absolute atomic E-state index is 0.306. The van der Waals surface area contributed by atoms with Crippen LogP contribution in [0.2, 0.25) is 0 Å². The molecule has 3 nitrogen and oxygen atoms in total. The van der Waals surface area contributed by atoms with E-state index in [-0.39, 0.29) is 0 Å². The van der Waals surface area contributed by atoms with Crippen LogP contribution in [0.5, 0.6) is 0 Å². The molecule has 2 N–H and O–H groups in total. The molecule has 0 bridgehead atoms. The summed E-state index contributed by atoms with van der Waals surface area (Å²) in [5.74, 6) is 0.738. The van der Waals surface area contributed by atoms with Crippen LogP contribution < -0.4 is 5.73 Å². The van der Waals surface area contributed by atoms with Crippen LogP contribution >= 0.6 is 0 Å². The van der Waals surface area contributed by atoms with Crippen molar-refractivity contribution in [1.29, 1.82) is 0 Å². The normalized spacial score (nSPS) is 20.8. The summed E-state index contributed by atoms with van der Waals surface area (Å²) in [6.07, 6.45) is 6.58. The van der Waals surface area contributed by atoms with Gasteiger partial charge in [-0.05, 0) is 26.7 Å². The second-order valence-electron chi connectivity index (χ2n) is 4.34. The SMILES string of the molecule is CC(C)N=C(N)N1CCCCCCC1. The Labute approximate surface area is 87.4 Å². The molecule has 0 atom stereocenters. The number of guanidine groups is 1. The van der Waals surface area contributed by atoms with E-state index >= 15 is 0 Å². The highest BCUT2D eigenvalue weighted by molar-refractivity contribution is 5.78. The monoisotopic (exact) mass is 197 g/mol. The van der Waals surface area contributed by atoms with Crippen molar-refractivity contribution < 1.29 is 0 Å². The van der Waals surface area contributed by atoms with Crippen molar-refractivity contribution in [3.8, 4) is 0 Å². The molecule has 0 aromatic heterocycles. The van der Waals surface area contributed by atoms with Crippen LogP contribution in [0.25, 0.3) is 0 Å². The van der Waals surface area contributed by atoms with Gasteiger partial charge in [0.25, 0.3) is 0 Å². The number of likely N-dealkylation sites (tertiary alicyclic amines) is 1. The van der Waals surface area contributed by atoms with Crippen LogP contribution in [0.4, 0.5) is 0 Å². The third-order valence-electron chi connectivity index (χ3n) is 2.57. The minimum Gasteiger partial charge on any atom is -0.370 e. The highest BCUT2D eigenvalue weighted by atomic mass is 15.2. The lowest BCUT2D eigenvalue weighted by Crippen LogP contribution is -2.39. The summed E-state index contributed by atoms with van der Waals surface area (Å²) in [6, 6.07) is 0.306. The van der Waals surface area contributed by atoms with Crippen LogP contribution in [-0.2, 0) is 0 Å². The second-order valence-corrected chi connectivity index (χ2v) is 4.34. The molecule has 0 radical (unpaired) electrons. The lowest BCUT2D eigenvalue weighted by Gasteiger charge is -2.26. The molecule has 0 unspecified atom stereocenters. The first-order valence-electron chi connectivity index (χ1n) is 5.78. The standard InChI is InChI=1S/C11H23N3/c1-10(2)13-11(12)14-8-6-4-3-5-7-9-14/h10H,3-9H2,1-2H3,(H2,12,13). The molecular formula is C11H23N3. The van der Waals surface area contributed by atoms with E-state index in [4.69, 9.17) is 5.73 Å². The number of aliphatic imine (C=N–C) groups is 1. The summed E-state index contributed by atoms with van der Waals surface area (Å²) < 4.78 is 0. The largest absolute Gasteiger partial charge is 0.370 e. The van der Waals surface area contributed by atoms with E-state index in [0.717, 1.165) is 19.0 Å². The van der Waals surface area contributed by atoms with Crippen LogP contribution in [0, 0.1) is 0 Å². The molecule has 0 spiro atoms. The van der Waals surface area contributed by atoms with E-state index < -0.39 is 0 Å². The van der Waals surface area contributed by atoms with E-state index in [1.807, 2.05) is 0 Å². The van der Waals surface area contributed by atoms with Gasteiger partial charge in [0.2, 0.25) is 0 Å².